The van der Waals surface area contributed by atoms with Crippen LogP contribution in [0.4, 0.5) is 11.4 Å². The Morgan fingerprint density at radius 1 is 1.17 bits per heavy atom. The van der Waals surface area contributed by atoms with Crippen LogP contribution in [-0.2, 0) is 11.3 Å². The molecular formula is C20H18N4O6. The van der Waals surface area contributed by atoms with E-state index in [4.69, 9.17) is 9.84 Å². The van der Waals surface area contributed by atoms with Crippen molar-refractivity contribution in [3.05, 3.63) is 76.1 Å². The number of benzene rings is 2. The first-order valence-corrected chi connectivity index (χ1v) is 8.91. The number of carboxylic acid groups (broad SMARTS) is 1. The van der Waals surface area contributed by atoms with Crippen molar-refractivity contribution in [3.8, 4) is 11.5 Å². The molecule has 0 atom stereocenters. The van der Waals surface area contributed by atoms with E-state index < -0.39 is 16.8 Å². The van der Waals surface area contributed by atoms with Crippen molar-refractivity contribution in [1.29, 1.82) is 0 Å². The molecule has 0 saturated carbocycles. The summed E-state index contributed by atoms with van der Waals surface area (Å²) in [6, 6.07) is 12.5. The number of aromatic nitrogens is 2. The van der Waals surface area contributed by atoms with Gasteiger partial charge in [-0.1, -0.05) is 17.7 Å². The number of aromatic carboxylic acids is 1. The zero-order valence-corrected chi connectivity index (χ0v) is 15.9. The van der Waals surface area contributed by atoms with Crippen molar-refractivity contribution in [1.82, 2.24) is 9.78 Å². The van der Waals surface area contributed by atoms with Gasteiger partial charge in [0.15, 0.2) is 5.69 Å². The second kappa shape index (κ2) is 8.86. The average Bonchev–Trinajstić information content (AvgIpc) is 3.17. The van der Waals surface area contributed by atoms with E-state index >= 15 is 0 Å². The van der Waals surface area contributed by atoms with Crippen LogP contribution >= 0.6 is 0 Å². The fraction of sp³-hybridized carbons (Fsp3) is 0.150. The van der Waals surface area contributed by atoms with Crippen LogP contribution in [0, 0.1) is 17.0 Å². The molecule has 10 heteroatoms. The molecule has 3 rings (SSSR count). The highest BCUT2D eigenvalue weighted by molar-refractivity contribution is 5.91. The van der Waals surface area contributed by atoms with Crippen LogP contribution in [0.15, 0.2) is 54.7 Å². The number of nitrogens with zero attached hydrogens (tertiary/aromatic N) is 3. The van der Waals surface area contributed by atoms with Gasteiger partial charge < -0.3 is 15.2 Å². The molecule has 10 nitrogen and oxygen atoms in total. The summed E-state index contributed by atoms with van der Waals surface area (Å²) in [6.07, 6.45) is 1.45. The summed E-state index contributed by atoms with van der Waals surface area (Å²) in [6.45, 7) is 2.08. The number of carboxylic acids is 1. The minimum absolute atomic E-state index is 0.00240. The zero-order valence-electron chi connectivity index (χ0n) is 15.9. The van der Waals surface area contributed by atoms with E-state index in [0.29, 0.717) is 5.75 Å². The van der Waals surface area contributed by atoms with Gasteiger partial charge in [-0.25, -0.2) is 4.79 Å². The fourth-order valence-corrected chi connectivity index (χ4v) is 2.60. The summed E-state index contributed by atoms with van der Waals surface area (Å²) >= 11 is 0. The summed E-state index contributed by atoms with van der Waals surface area (Å²) in [4.78, 5) is 33.7. The summed E-state index contributed by atoms with van der Waals surface area (Å²) in [5.74, 6) is -0.854. The van der Waals surface area contributed by atoms with Crippen molar-refractivity contribution in [2.45, 2.75) is 19.9 Å². The van der Waals surface area contributed by atoms with Crippen LogP contribution in [0.5, 0.6) is 11.5 Å². The summed E-state index contributed by atoms with van der Waals surface area (Å²) in [5, 5.41) is 26.5. The Morgan fingerprint density at radius 3 is 2.53 bits per heavy atom. The first kappa shape index (κ1) is 20.5. The highest BCUT2D eigenvalue weighted by atomic mass is 16.6. The highest BCUT2D eigenvalue weighted by Gasteiger charge is 2.14. The van der Waals surface area contributed by atoms with Crippen LogP contribution in [-0.4, -0.2) is 31.7 Å². The van der Waals surface area contributed by atoms with Crippen molar-refractivity contribution in [3.63, 3.8) is 0 Å². The Morgan fingerprint density at radius 2 is 1.90 bits per heavy atom. The number of amides is 1. The number of rotatable bonds is 8. The smallest absolute Gasteiger partial charge is 0.356 e. The Balaban J connectivity index is 1.69. The molecule has 3 aromatic rings. The first-order chi connectivity index (χ1) is 14.3. The maximum absolute atomic E-state index is 12.2. The number of hydrogen-bond acceptors (Lipinski definition) is 6. The molecule has 0 fully saturated rings. The number of ether oxygens (including phenoxy) is 1. The molecule has 0 unspecified atom stereocenters. The fourth-order valence-electron chi connectivity index (χ4n) is 2.60. The van der Waals surface area contributed by atoms with Crippen molar-refractivity contribution < 1.29 is 24.4 Å². The highest BCUT2D eigenvalue weighted by Crippen LogP contribution is 2.30. The molecule has 0 saturated heterocycles. The molecular weight excluding hydrogens is 392 g/mol. The summed E-state index contributed by atoms with van der Waals surface area (Å²) < 4.78 is 7.01. The second-order valence-corrected chi connectivity index (χ2v) is 6.46. The van der Waals surface area contributed by atoms with E-state index in [2.05, 4.69) is 10.4 Å². The Kier molecular flexibility index (Phi) is 6.06. The zero-order chi connectivity index (χ0) is 21.7. The molecule has 0 aliphatic heterocycles. The number of nitrogens with one attached hydrogen (secondary N) is 1. The molecule has 30 heavy (non-hydrogen) atoms. The lowest BCUT2D eigenvalue weighted by atomic mass is 10.2. The van der Waals surface area contributed by atoms with Gasteiger partial charge in [0, 0.05) is 31.3 Å². The predicted molar refractivity (Wildman–Crippen MR) is 107 cm³/mol. The van der Waals surface area contributed by atoms with Gasteiger partial charge in [-0.15, -0.1) is 0 Å². The molecule has 0 aliphatic carbocycles. The Labute approximate surface area is 170 Å². The monoisotopic (exact) mass is 410 g/mol. The van der Waals surface area contributed by atoms with Gasteiger partial charge in [0.2, 0.25) is 5.91 Å². The van der Waals surface area contributed by atoms with E-state index in [9.17, 15) is 19.7 Å². The van der Waals surface area contributed by atoms with Crippen LogP contribution in [0.3, 0.4) is 0 Å². The van der Waals surface area contributed by atoms with Gasteiger partial charge in [0.1, 0.15) is 11.5 Å². The standard InChI is InChI=1S/C20H18N4O6/c1-13-2-4-16(5-3-13)30-17-11-14(10-15(12-17)24(28)29)21-19(25)7-9-23-8-6-18(22-23)20(26)27/h2-6,8,10-12H,7,9H2,1H3,(H,21,25)(H,26,27). The van der Waals surface area contributed by atoms with Crippen molar-refractivity contribution in [2.24, 2.45) is 0 Å². The van der Waals surface area contributed by atoms with Gasteiger partial charge in [-0.3, -0.25) is 19.6 Å². The van der Waals surface area contributed by atoms with Crippen molar-refractivity contribution in [2.75, 3.05) is 5.32 Å². The molecule has 1 aromatic heterocycles. The maximum atomic E-state index is 12.2. The number of carbonyl (C=O) groups is 2. The number of aryl methyl sites for hydroxylation is 2. The molecule has 1 amide bonds. The predicted octanol–water partition coefficient (Wildman–Crippen LogP) is 3.62. The summed E-state index contributed by atoms with van der Waals surface area (Å²) in [5.41, 5.74) is 0.907. The molecule has 1 heterocycles. The minimum atomic E-state index is -1.16. The van der Waals surface area contributed by atoms with Crippen LogP contribution in [0.1, 0.15) is 22.5 Å². The van der Waals surface area contributed by atoms with E-state index in [1.54, 1.807) is 12.1 Å². The number of nitro groups is 1. The van der Waals surface area contributed by atoms with E-state index in [1.165, 1.54) is 35.1 Å². The Hall–Kier alpha value is -4.21. The molecule has 154 valence electrons. The Bertz CT molecular complexity index is 1090. The van der Waals surface area contributed by atoms with Gasteiger partial charge >= 0.3 is 5.97 Å². The van der Waals surface area contributed by atoms with Crippen molar-refractivity contribution >= 4 is 23.3 Å². The van der Waals surface area contributed by atoms with Crippen LogP contribution < -0.4 is 10.1 Å². The molecule has 2 N–H and O–H groups in total. The molecule has 0 radical (unpaired) electrons. The number of carbonyl (C=O) groups excluding carboxylic acids is 1. The minimum Gasteiger partial charge on any atom is -0.476 e. The van der Waals surface area contributed by atoms with E-state index in [-0.39, 0.29) is 35.8 Å². The quantitative estimate of drug-likeness (QED) is 0.427. The first-order valence-electron chi connectivity index (χ1n) is 8.91. The van der Waals surface area contributed by atoms with E-state index in [0.717, 1.165) is 5.56 Å². The third-order valence-corrected chi connectivity index (χ3v) is 4.07. The van der Waals surface area contributed by atoms with Crippen LogP contribution in [0.25, 0.3) is 0 Å². The number of anilines is 1. The normalized spacial score (nSPS) is 10.4. The van der Waals surface area contributed by atoms with Gasteiger partial charge in [0.05, 0.1) is 16.7 Å². The lowest BCUT2D eigenvalue weighted by molar-refractivity contribution is -0.384. The SMILES string of the molecule is Cc1ccc(Oc2cc(NC(=O)CCn3ccc(C(=O)O)n3)cc([N+](=O)[O-])c2)cc1. The average molecular weight is 410 g/mol. The molecule has 0 aliphatic rings. The number of nitro benzene ring substituents is 1. The summed E-state index contributed by atoms with van der Waals surface area (Å²) in [7, 11) is 0. The molecule has 0 bridgehead atoms. The third-order valence-electron chi connectivity index (χ3n) is 4.07. The topological polar surface area (TPSA) is 137 Å². The van der Waals surface area contributed by atoms with E-state index in [1.807, 2.05) is 19.1 Å². The lowest BCUT2D eigenvalue weighted by Gasteiger charge is -2.10. The number of non-ortho nitro benzene ring substituents is 1. The second-order valence-electron chi connectivity index (χ2n) is 6.46. The molecule has 2 aromatic carbocycles. The van der Waals surface area contributed by atoms with Gasteiger partial charge in [-0.2, -0.15) is 5.10 Å². The lowest BCUT2D eigenvalue weighted by Crippen LogP contribution is -2.15. The van der Waals surface area contributed by atoms with Gasteiger partial charge in [-0.05, 0) is 25.1 Å². The number of hydrogen-bond donors (Lipinski definition) is 2. The van der Waals surface area contributed by atoms with Crippen LogP contribution in [0.2, 0.25) is 0 Å². The van der Waals surface area contributed by atoms with Gasteiger partial charge in [0.25, 0.3) is 5.69 Å². The molecule has 0 spiro atoms. The maximum Gasteiger partial charge on any atom is 0.356 e. The third kappa shape index (κ3) is 5.41. The largest absolute Gasteiger partial charge is 0.476 e.